The van der Waals surface area contributed by atoms with E-state index in [0.29, 0.717) is 28.5 Å². The number of carbonyl (C=O) groups excluding carboxylic acids is 1. The summed E-state index contributed by atoms with van der Waals surface area (Å²) in [6.07, 6.45) is 1.34. The number of nitrogens with one attached hydrogen (secondary N) is 2. The molecule has 3 rings (SSSR count). The van der Waals surface area contributed by atoms with E-state index in [1.807, 2.05) is 0 Å². The summed E-state index contributed by atoms with van der Waals surface area (Å²) in [7, 11) is 4.54. The molecular formula is C19H19N3O5. The molecule has 0 fully saturated rings. The fourth-order valence-electron chi connectivity index (χ4n) is 2.68. The molecule has 0 aliphatic carbocycles. The van der Waals surface area contributed by atoms with E-state index in [2.05, 4.69) is 15.5 Å². The van der Waals surface area contributed by atoms with Crippen molar-refractivity contribution in [3.8, 4) is 23.0 Å². The topological polar surface area (TPSA) is 105 Å². The largest absolute Gasteiger partial charge is 0.504 e. The molecule has 140 valence electrons. The van der Waals surface area contributed by atoms with E-state index in [9.17, 15) is 9.90 Å². The van der Waals surface area contributed by atoms with E-state index in [1.165, 1.54) is 20.4 Å². The molecule has 0 aliphatic rings. The van der Waals surface area contributed by atoms with Gasteiger partial charge in [0.1, 0.15) is 5.69 Å². The SMILES string of the molecule is COc1cccc(/C=N\NC(=O)c2cc3c(OC)c(OC)ccc3[nH]2)c1O. The van der Waals surface area contributed by atoms with Crippen molar-refractivity contribution in [3.05, 3.63) is 47.7 Å². The number of hydrogen-bond acceptors (Lipinski definition) is 6. The van der Waals surface area contributed by atoms with Crippen LogP contribution in [0.15, 0.2) is 41.5 Å². The minimum atomic E-state index is -0.439. The summed E-state index contributed by atoms with van der Waals surface area (Å²) in [6, 6.07) is 10.2. The number of H-pyrrole nitrogens is 1. The number of nitrogens with zero attached hydrogens (tertiary/aromatic N) is 1. The lowest BCUT2D eigenvalue weighted by atomic mass is 10.2. The molecule has 8 heteroatoms. The molecule has 0 saturated carbocycles. The van der Waals surface area contributed by atoms with Crippen LogP contribution < -0.4 is 19.6 Å². The first-order valence-electron chi connectivity index (χ1n) is 8.02. The Morgan fingerprint density at radius 3 is 2.59 bits per heavy atom. The van der Waals surface area contributed by atoms with Gasteiger partial charge in [0, 0.05) is 10.9 Å². The number of phenols is 1. The Morgan fingerprint density at radius 1 is 1.11 bits per heavy atom. The molecule has 1 aromatic heterocycles. The Kier molecular flexibility index (Phi) is 5.16. The van der Waals surface area contributed by atoms with E-state index in [4.69, 9.17) is 14.2 Å². The normalized spacial score (nSPS) is 10.9. The molecular weight excluding hydrogens is 350 g/mol. The summed E-state index contributed by atoms with van der Waals surface area (Å²) in [4.78, 5) is 15.4. The van der Waals surface area contributed by atoms with Crippen molar-refractivity contribution in [1.82, 2.24) is 10.4 Å². The highest BCUT2D eigenvalue weighted by molar-refractivity contribution is 6.00. The number of aromatic hydroxyl groups is 1. The number of aromatic amines is 1. The number of amides is 1. The maximum Gasteiger partial charge on any atom is 0.287 e. The second-order valence-corrected chi connectivity index (χ2v) is 5.54. The second-order valence-electron chi connectivity index (χ2n) is 5.54. The quantitative estimate of drug-likeness (QED) is 0.458. The predicted molar refractivity (Wildman–Crippen MR) is 101 cm³/mol. The van der Waals surface area contributed by atoms with E-state index in [1.54, 1.807) is 43.5 Å². The fraction of sp³-hybridized carbons (Fsp3) is 0.158. The predicted octanol–water partition coefficient (Wildman–Crippen LogP) is 2.66. The van der Waals surface area contributed by atoms with Crippen molar-refractivity contribution in [2.24, 2.45) is 5.10 Å². The number of phenolic OH excluding ortho intramolecular Hbond substituents is 1. The number of carbonyl (C=O) groups is 1. The third kappa shape index (κ3) is 3.50. The number of rotatable bonds is 6. The summed E-state index contributed by atoms with van der Waals surface area (Å²) in [5, 5.41) is 14.6. The first kappa shape index (κ1) is 18.1. The number of ether oxygens (including phenoxy) is 3. The van der Waals surface area contributed by atoms with E-state index < -0.39 is 5.91 Å². The fourth-order valence-corrected chi connectivity index (χ4v) is 2.68. The minimum Gasteiger partial charge on any atom is -0.504 e. The van der Waals surface area contributed by atoms with Gasteiger partial charge in [0.15, 0.2) is 23.0 Å². The molecule has 27 heavy (non-hydrogen) atoms. The maximum absolute atomic E-state index is 12.4. The zero-order chi connectivity index (χ0) is 19.4. The zero-order valence-electron chi connectivity index (χ0n) is 15.1. The van der Waals surface area contributed by atoms with Crippen LogP contribution in [-0.4, -0.2) is 43.5 Å². The number of benzene rings is 2. The molecule has 0 aliphatic heterocycles. The van der Waals surface area contributed by atoms with Gasteiger partial charge in [0.2, 0.25) is 0 Å². The average Bonchev–Trinajstić information content (AvgIpc) is 3.12. The van der Waals surface area contributed by atoms with Gasteiger partial charge in [0.25, 0.3) is 5.91 Å². The van der Waals surface area contributed by atoms with Crippen molar-refractivity contribution in [1.29, 1.82) is 0 Å². The van der Waals surface area contributed by atoms with E-state index in [-0.39, 0.29) is 5.75 Å². The average molecular weight is 369 g/mol. The summed E-state index contributed by atoms with van der Waals surface area (Å²) < 4.78 is 15.7. The molecule has 0 unspecified atom stereocenters. The highest BCUT2D eigenvalue weighted by atomic mass is 16.5. The Balaban J connectivity index is 1.81. The van der Waals surface area contributed by atoms with Crippen LogP contribution >= 0.6 is 0 Å². The van der Waals surface area contributed by atoms with Gasteiger partial charge >= 0.3 is 0 Å². The highest BCUT2D eigenvalue weighted by Gasteiger charge is 2.15. The van der Waals surface area contributed by atoms with Crippen molar-refractivity contribution >= 4 is 23.0 Å². The van der Waals surface area contributed by atoms with Crippen LogP contribution in [0.4, 0.5) is 0 Å². The molecule has 1 amide bonds. The molecule has 0 radical (unpaired) electrons. The monoisotopic (exact) mass is 369 g/mol. The lowest BCUT2D eigenvalue weighted by Crippen LogP contribution is -2.17. The van der Waals surface area contributed by atoms with Gasteiger partial charge in [-0.05, 0) is 30.3 Å². The number of hydrazone groups is 1. The van der Waals surface area contributed by atoms with Crippen LogP contribution in [0.5, 0.6) is 23.0 Å². The molecule has 0 atom stereocenters. The Morgan fingerprint density at radius 2 is 1.89 bits per heavy atom. The summed E-state index contributed by atoms with van der Waals surface area (Å²) in [5.41, 5.74) is 3.87. The number of para-hydroxylation sites is 1. The van der Waals surface area contributed by atoms with Crippen molar-refractivity contribution in [3.63, 3.8) is 0 Å². The van der Waals surface area contributed by atoms with Gasteiger partial charge in [-0.25, -0.2) is 5.43 Å². The summed E-state index contributed by atoms with van der Waals surface area (Å²) in [5.74, 6) is 0.936. The third-order valence-electron chi connectivity index (χ3n) is 4.01. The van der Waals surface area contributed by atoms with Gasteiger partial charge in [-0.2, -0.15) is 5.10 Å². The lowest BCUT2D eigenvalue weighted by Gasteiger charge is -2.07. The van der Waals surface area contributed by atoms with Crippen LogP contribution in [0.1, 0.15) is 16.1 Å². The van der Waals surface area contributed by atoms with Gasteiger partial charge < -0.3 is 24.3 Å². The van der Waals surface area contributed by atoms with E-state index >= 15 is 0 Å². The second kappa shape index (κ2) is 7.69. The van der Waals surface area contributed by atoms with Gasteiger partial charge in [-0.15, -0.1) is 0 Å². The molecule has 2 aromatic carbocycles. The van der Waals surface area contributed by atoms with Crippen molar-refractivity contribution < 1.29 is 24.1 Å². The lowest BCUT2D eigenvalue weighted by molar-refractivity contribution is 0.0951. The molecule has 3 N–H and O–H groups in total. The number of fused-ring (bicyclic) bond motifs is 1. The molecule has 1 heterocycles. The molecule has 8 nitrogen and oxygen atoms in total. The number of methoxy groups -OCH3 is 3. The Labute approximate surface area is 155 Å². The Hall–Kier alpha value is -3.68. The summed E-state index contributed by atoms with van der Waals surface area (Å²) in [6.45, 7) is 0. The highest BCUT2D eigenvalue weighted by Crippen LogP contribution is 2.35. The first-order chi connectivity index (χ1) is 13.1. The molecule has 0 spiro atoms. The minimum absolute atomic E-state index is 0.0551. The van der Waals surface area contributed by atoms with Gasteiger partial charge in [0.05, 0.1) is 33.1 Å². The molecule has 0 bridgehead atoms. The van der Waals surface area contributed by atoms with Crippen LogP contribution in [0.2, 0.25) is 0 Å². The van der Waals surface area contributed by atoms with Crippen LogP contribution in [-0.2, 0) is 0 Å². The van der Waals surface area contributed by atoms with E-state index in [0.717, 1.165) is 10.9 Å². The summed E-state index contributed by atoms with van der Waals surface area (Å²) >= 11 is 0. The Bertz CT molecular complexity index is 1010. The van der Waals surface area contributed by atoms with Gasteiger partial charge in [-0.1, -0.05) is 6.07 Å². The van der Waals surface area contributed by atoms with Crippen LogP contribution in [0.25, 0.3) is 10.9 Å². The van der Waals surface area contributed by atoms with Crippen molar-refractivity contribution in [2.75, 3.05) is 21.3 Å². The zero-order valence-corrected chi connectivity index (χ0v) is 15.1. The maximum atomic E-state index is 12.4. The van der Waals surface area contributed by atoms with Crippen LogP contribution in [0.3, 0.4) is 0 Å². The standard InChI is InChI=1S/C19H19N3O5/c1-25-15-6-4-5-11(17(15)23)10-20-22-19(24)14-9-12-13(21-14)7-8-16(26-2)18(12)27-3/h4-10,21,23H,1-3H3,(H,22,24)/b20-10-. The van der Waals surface area contributed by atoms with Gasteiger partial charge in [-0.3, -0.25) is 4.79 Å². The number of aromatic nitrogens is 1. The van der Waals surface area contributed by atoms with Crippen LogP contribution in [0, 0.1) is 0 Å². The third-order valence-corrected chi connectivity index (χ3v) is 4.01. The molecule has 3 aromatic rings. The number of hydrogen-bond donors (Lipinski definition) is 3. The molecule has 0 saturated heterocycles. The van der Waals surface area contributed by atoms with Crippen molar-refractivity contribution in [2.45, 2.75) is 0 Å². The smallest absolute Gasteiger partial charge is 0.287 e. The first-order valence-corrected chi connectivity index (χ1v) is 8.02.